The van der Waals surface area contributed by atoms with Gasteiger partial charge in [-0.25, -0.2) is 4.99 Å². The van der Waals surface area contributed by atoms with Crippen LogP contribution in [0.3, 0.4) is 0 Å². The summed E-state index contributed by atoms with van der Waals surface area (Å²) < 4.78 is 0. The zero-order chi connectivity index (χ0) is 15.4. The molecule has 0 bridgehead atoms. The average Bonchev–Trinajstić information content (AvgIpc) is 2.82. The summed E-state index contributed by atoms with van der Waals surface area (Å²) in [7, 11) is 0. The van der Waals surface area contributed by atoms with Gasteiger partial charge in [0.15, 0.2) is 0 Å². The van der Waals surface area contributed by atoms with Gasteiger partial charge < -0.3 is 21.4 Å². The van der Waals surface area contributed by atoms with E-state index in [0.717, 1.165) is 0 Å². The molecule has 0 unspecified atom stereocenters. The first-order valence-electron chi connectivity index (χ1n) is 6.52. The number of aromatic nitrogens is 1. The van der Waals surface area contributed by atoms with Gasteiger partial charge in [0.05, 0.1) is 17.3 Å². The summed E-state index contributed by atoms with van der Waals surface area (Å²) in [5.41, 5.74) is 9.72. The van der Waals surface area contributed by atoms with Crippen LogP contribution < -0.4 is 27.1 Å². The third-order valence-corrected chi connectivity index (χ3v) is 2.70. The van der Waals surface area contributed by atoms with Crippen LogP contribution in [0.4, 0.5) is 0 Å². The number of hydrogen-bond donors (Lipinski definition) is 4. The Morgan fingerprint density at radius 2 is 2.29 bits per heavy atom. The highest BCUT2D eigenvalue weighted by Gasteiger charge is 2.11. The maximum atomic E-state index is 12.1. The van der Waals surface area contributed by atoms with E-state index in [9.17, 15) is 9.59 Å². The van der Waals surface area contributed by atoms with E-state index in [4.69, 9.17) is 5.73 Å². The molecular weight excluding hydrogens is 270 g/mol. The second-order valence-corrected chi connectivity index (χ2v) is 4.89. The van der Waals surface area contributed by atoms with Crippen molar-refractivity contribution in [2.45, 2.75) is 19.9 Å². The van der Waals surface area contributed by atoms with Crippen LogP contribution in [0.2, 0.25) is 0 Å². The Morgan fingerprint density at radius 3 is 3.00 bits per heavy atom. The van der Waals surface area contributed by atoms with Crippen molar-refractivity contribution >= 4 is 17.5 Å². The number of nitrogens with zero attached hydrogens (tertiary/aromatic N) is 1. The molecule has 0 spiro atoms. The van der Waals surface area contributed by atoms with Crippen molar-refractivity contribution in [3.8, 4) is 0 Å². The number of H-pyrrole nitrogens is 1. The van der Waals surface area contributed by atoms with Crippen molar-refractivity contribution in [3.63, 3.8) is 0 Å². The molecule has 0 aliphatic carbocycles. The molecule has 110 valence electrons. The van der Waals surface area contributed by atoms with Crippen LogP contribution in [0.1, 0.15) is 24.2 Å². The number of amides is 2. The van der Waals surface area contributed by atoms with Crippen LogP contribution in [0.25, 0.3) is 5.73 Å². The number of fused-ring (bicyclic) bond motifs is 1. The van der Waals surface area contributed by atoms with E-state index in [-0.39, 0.29) is 24.4 Å². The fourth-order valence-corrected chi connectivity index (χ4v) is 1.75. The number of nitrogens with one attached hydrogen (secondary N) is 3. The molecular formula is C14H17N5O2. The fourth-order valence-electron chi connectivity index (χ4n) is 1.75. The number of carbonyl (C=O) groups is 2. The minimum absolute atomic E-state index is 0.00217. The second kappa shape index (κ2) is 6.11. The van der Waals surface area contributed by atoms with Gasteiger partial charge in [0.2, 0.25) is 0 Å². The Kier molecular flexibility index (Phi) is 4.25. The lowest BCUT2D eigenvalue weighted by Crippen LogP contribution is -2.36. The Balaban J connectivity index is 2.62. The van der Waals surface area contributed by atoms with Crippen molar-refractivity contribution < 1.29 is 9.59 Å². The van der Waals surface area contributed by atoms with Gasteiger partial charge in [-0.1, -0.05) is 0 Å². The molecule has 0 aromatic carbocycles. The van der Waals surface area contributed by atoms with Crippen molar-refractivity contribution in [1.82, 2.24) is 15.6 Å². The maximum absolute atomic E-state index is 12.1. The van der Waals surface area contributed by atoms with Crippen molar-refractivity contribution in [2.24, 2.45) is 10.7 Å². The van der Waals surface area contributed by atoms with E-state index < -0.39 is 0 Å². The molecule has 2 heterocycles. The van der Waals surface area contributed by atoms with Gasteiger partial charge in [0.25, 0.3) is 11.8 Å². The van der Waals surface area contributed by atoms with Gasteiger partial charge >= 0.3 is 0 Å². The largest absolute Gasteiger partial charge is 0.399 e. The molecule has 0 saturated heterocycles. The molecule has 1 aliphatic heterocycles. The van der Waals surface area contributed by atoms with Crippen LogP contribution >= 0.6 is 0 Å². The Morgan fingerprint density at radius 1 is 1.52 bits per heavy atom. The highest BCUT2D eigenvalue weighted by molar-refractivity contribution is 5.95. The molecule has 1 aromatic rings. The summed E-state index contributed by atoms with van der Waals surface area (Å²) in [6, 6.07) is 0.00217. The van der Waals surface area contributed by atoms with Gasteiger partial charge in [0, 0.05) is 30.2 Å². The number of aromatic amines is 1. The van der Waals surface area contributed by atoms with Gasteiger partial charge in [-0.15, -0.1) is 5.73 Å². The number of nitrogens with two attached hydrogens (primary N) is 1. The minimum atomic E-state index is -0.337. The van der Waals surface area contributed by atoms with Gasteiger partial charge in [0.1, 0.15) is 5.49 Å². The monoisotopic (exact) mass is 287 g/mol. The van der Waals surface area contributed by atoms with Gasteiger partial charge in [-0.05, 0) is 13.8 Å². The van der Waals surface area contributed by atoms with Crippen LogP contribution in [0.5, 0.6) is 0 Å². The molecule has 7 heteroatoms. The van der Waals surface area contributed by atoms with E-state index in [1.54, 1.807) is 0 Å². The summed E-state index contributed by atoms with van der Waals surface area (Å²) in [6.45, 7) is 3.94. The summed E-state index contributed by atoms with van der Waals surface area (Å²) in [4.78, 5) is 30.8. The number of carbonyl (C=O) groups excluding carboxylic acids is 2. The van der Waals surface area contributed by atoms with Crippen molar-refractivity contribution in [3.05, 3.63) is 40.4 Å². The van der Waals surface area contributed by atoms with Crippen molar-refractivity contribution in [1.29, 1.82) is 0 Å². The topological polar surface area (TPSA) is 112 Å². The first kappa shape index (κ1) is 14.6. The predicted molar refractivity (Wildman–Crippen MR) is 77.4 cm³/mol. The molecule has 1 aromatic heterocycles. The molecule has 0 fully saturated rings. The van der Waals surface area contributed by atoms with Crippen LogP contribution in [-0.2, 0) is 4.79 Å². The third kappa shape index (κ3) is 3.61. The maximum Gasteiger partial charge on any atom is 0.254 e. The Labute approximate surface area is 121 Å². The highest BCUT2D eigenvalue weighted by atomic mass is 16.2. The smallest absolute Gasteiger partial charge is 0.254 e. The number of hydrogen-bond acceptors (Lipinski definition) is 4. The van der Waals surface area contributed by atoms with E-state index in [1.165, 1.54) is 18.5 Å². The molecule has 5 N–H and O–H groups in total. The first-order valence-corrected chi connectivity index (χ1v) is 6.52. The summed E-state index contributed by atoms with van der Waals surface area (Å²) in [6.07, 6.45) is 4.20. The fraction of sp³-hybridized carbons (Fsp3) is 0.286. The lowest BCUT2D eigenvalue weighted by Gasteiger charge is -2.06. The molecule has 0 atom stereocenters. The lowest BCUT2D eigenvalue weighted by atomic mass is 10.2. The average molecular weight is 287 g/mol. The van der Waals surface area contributed by atoms with Crippen LogP contribution in [0, 0.1) is 0 Å². The molecule has 2 amide bonds. The summed E-state index contributed by atoms with van der Waals surface area (Å²) >= 11 is 0. The SMILES string of the molecule is CC(C)NC(=O)c1c[nH]c2c1=C=CC(=O)NC/C(N)=C/N=2. The molecule has 7 nitrogen and oxygen atoms in total. The van der Waals surface area contributed by atoms with Crippen LogP contribution in [0.15, 0.2) is 29.2 Å². The van der Waals surface area contributed by atoms with E-state index in [0.29, 0.717) is 22.0 Å². The number of rotatable bonds is 2. The molecule has 21 heavy (non-hydrogen) atoms. The minimum Gasteiger partial charge on any atom is -0.399 e. The summed E-state index contributed by atoms with van der Waals surface area (Å²) in [5, 5.41) is 5.79. The molecule has 2 rings (SSSR count). The highest BCUT2D eigenvalue weighted by Crippen LogP contribution is 1.90. The van der Waals surface area contributed by atoms with E-state index in [2.05, 4.69) is 26.3 Å². The van der Waals surface area contributed by atoms with Gasteiger partial charge in [-0.3, -0.25) is 9.59 Å². The molecule has 0 saturated carbocycles. The lowest BCUT2D eigenvalue weighted by molar-refractivity contribution is -0.116. The van der Waals surface area contributed by atoms with Crippen molar-refractivity contribution in [2.75, 3.05) is 6.54 Å². The normalized spacial score (nSPS) is 16.9. The Bertz CT molecular complexity index is 751. The van der Waals surface area contributed by atoms with E-state index in [1.807, 2.05) is 13.8 Å². The predicted octanol–water partition coefficient (Wildman–Crippen LogP) is -1.36. The second-order valence-electron chi connectivity index (χ2n) is 4.89. The third-order valence-electron chi connectivity index (χ3n) is 2.70. The van der Waals surface area contributed by atoms with Gasteiger partial charge in [-0.2, -0.15) is 0 Å². The first-order chi connectivity index (χ1) is 9.97. The zero-order valence-corrected chi connectivity index (χ0v) is 11.9. The summed E-state index contributed by atoms with van der Waals surface area (Å²) in [5.74, 6) is -0.594. The standard InChI is InChI=1S/C14H17N5O2/c1-8(2)19-14(21)11-7-18-13-10(11)3-4-12(20)16-5-9(15)6-17-13/h4,6-8H,5,15H2,1-2H3,(H,16,20)(H,17,18)(H,19,21)/b9-6-. The van der Waals surface area contributed by atoms with Crippen LogP contribution in [-0.4, -0.2) is 29.4 Å². The molecule has 0 radical (unpaired) electrons. The Hall–Kier alpha value is -2.79. The molecule has 1 aliphatic rings. The quantitative estimate of drug-likeness (QED) is 0.539. The van der Waals surface area contributed by atoms with E-state index >= 15 is 0 Å². The zero-order valence-electron chi connectivity index (χ0n) is 11.9.